The fourth-order valence-electron chi connectivity index (χ4n) is 6.21. The maximum absolute atomic E-state index is 9.32. The molecule has 4 heteroatoms. The van der Waals surface area contributed by atoms with Gasteiger partial charge in [-0.1, -0.05) is 20.3 Å². The molecule has 4 aliphatic carbocycles. The molecule has 2 bridgehead atoms. The van der Waals surface area contributed by atoms with Crippen molar-refractivity contribution in [3.05, 3.63) is 29.6 Å². The van der Waals surface area contributed by atoms with Crippen LogP contribution in [0.5, 0.6) is 0 Å². The van der Waals surface area contributed by atoms with Gasteiger partial charge in [0.2, 0.25) is 0 Å². The summed E-state index contributed by atoms with van der Waals surface area (Å²) in [6.45, 7) is 6.85. The van der Waals surface area contributed by atoms with E-state index in [0.29, 0.717) is 23.1 Å². The van der Waals surface area contributed by atoms with E-state index in [1.165, 1.54) is 38.5 Å². The van der Waals surface area contributed by atoms with Gasteiger partial charge in [-0.05, 0) is 68.2 Å². The average molecular weight is 354 g/mol. The highest BCUT2D eigenvalue weighted by molar-refractivity contribution is 5.32. The molecule has 1 aromatic rings. The number of ether oxygens (including phenoxy) is 1. The smallest absolute Gasteiger partial charge is 0.140 e. The zero-order valence-electron chi connectivity index (χ0n) is 16.4. The third kappa shape index (κ3) is 2.52. The molecule has 0 saturated heterocycles. The largest absolute Gasteiger partial charge is 0.373 e. The van der Waals surface area contributed by atoms with Crippen LogP contribution in [0.3, 0.4) is 0 Å². The van der Waals surface area contributed by atoms with E-state index in [-0.39, 0.29) is 5.60 Å². The normalized spacial score (nSPS) is 38.3. The highest BCUT2D eigenvalue weighted by Crippen LogP contribution is 2.61. The van der Waals surface area contributed by atoms with Gasteiger partial charge in [0, 0.05) is 31.3 Å². The predicted molar refractivity (Wildman–Crippen MR) is 101 cm³/mol. The molecule has 1 heterocycles. The Bertz CT molecular complexity index is 695. The van der Waals surface area contributed by atoms with Gasteiger partial charge in [0.1, 0.15) is 11.8 Å². The first-order chi connectivity index (χ1) is 12.6. The number of hydrogen-bond acceptors (Lipinski definition) is 4. The average Bonchev–Trinajstić information content (AvgIpc) is 2.59. The minimum Gasteiger partial charge on any atom is -0.373 e. The minimum absolute atomic E-state index is 0.316. The Morgan fingerprint density at radius 3 is 2.69 bits per heavy atom. The van der Waals surface area contributed by atoms with Gasteiger partial charge in [0.25, 0.3) is 0 Å². The summed E-state index contributed by atoms with van der Waals surface area (Å²) in [6.07, 6.45) is 9.60. The molecule has 0 radical (unpaired) electrons. The number of rotatable bonds is 6. The maximum atomic E-state index is 9.32. The topological polar surface area (TPSA) is 49.1 Å². The predicted octanol–water partition coefficient (Wildman–Crippen LogP) is 4.11. The highest BCUT2D eigenvalue weighted by Gasteiger charge is 2.60. The van der Waals surface area contributed by atoms with Crippen molar-refractivity contribution in [2.45, 2.75) is 63.5 Å². The third-order valence-electron chi connectivity index (χ3n) is 7.69. The Morgan fingerprint density at radius 1 is 1.35 bits per heavy atom. The molecule has 4 fully saturated rings. The van der Waals surface area contributed by atoms with Gasteiger partial charge in [-0.25, -0.2) is 4.98 Å². The van der Waals surface area contributed by atoms with Crippen molar-refractivity contribution in [1.29, 1.82) is 5.26 Å². The van der Waals surface area contributed by atoms with E-state index in [0.717, 1.165) is 24.6 Å². The molecule has 0 amide bonds. The van der Waals surface area contributed by atoms with Crippen LogP contribution in [0.2, 0.25) is 0 Å². The van der Waals surface area contributed by atoms with Crippen LogP contribution < -0.4 is 0 Å². The van der Waals surface area contributed by atoms with E-state index in [9.17, 15) is 5.26 Å². The Balaban J connectivity index is 1.67. The Kier molecular flexibility index (Phi) is 4.57. The van der Waals surface area contributed by atoms with E-state index < -0.39 is 0 Å². The van der Waals surface area contributed by atoms with Crippen molar-refractivity contribution < 1.29 is 4.74 Å². The molecule has 4 aliphatic rings. The van der Waals surface area contributed by atoms with Gasteiger partial charge in [-0.2, -0.15) is 5.26 Å². The summed E-state index contributed by atoms with van der Waals surface area (Å²) in [5.41, 5.74) is 1.80. The van der Waals surface area contributed by atoms with E-state index >= 15 is 0 Å². The fourth-order valence-corrected chi connectivity index (χ4v) is 6.21. The molecule has 140 valence electrons. The van der Waals surface area contributed by atoms with Crippen LogP contribution in [0.1, 0.15) is 63.6 Å². The maximum Gasteiger partial charge on any atom is 0.140 e. The van der Waals surface area contributed by atoms with Gasteiger partial charge >= 0.3 is 0 Å². The molecule has 0 aromatic carbocycles. The second-order valence-electron chi connectivity index (χ2n) is 8.81. The van der Waals surface area contributed by atoms with Gasteiger partial charge in [-0.3, -0.25) is 4.90 Å². The Morgan fingerprint density at radius 2 is 2.12 bits per heavy atom. The first kappa shape index (κ1) is 17.9. The molecule has 5 rings (SSSR count). The molecule has 4 nitrogen and oxygen atoms in total. The monoisotopic (exact) mass is 353 g/mol. The number of nitrogens with zero attached hydrogens (tertiary/aromatic N) is 3. The standard InChI is InChI=1S/C22H31N3O/c1-4-25(21-11-17(12-21)13-21)15-19-7-5-6-16(2)22(19,26-3)18-8-9-24-20(10-18)14-23/h8-10,16-17,19H,4-7,11-13,15H2,1-3H3. The molecule has 3 atom stereocenters. The van der Waals surface area contributed by atoms with Crippen molar-refractivity contribution in [2.75, 3.05) is 20.2 Å². The Labute approximate surface area is 157 Å². The molecular formula is C22H31N3O. The highest BCUT2D eigenvalue weighted by atomic mass is 16.5. The number of aromatic nitrogens is 1. The van der Waals surface area contributed by atoms with Crippen LogP contribution in [0.4, 0.5) is 0 Å². The summed E-state index contributed by atoms with van der Waals surface area (Å²) in [5, 5.41) is 9.32. The van der Waals surface area contributed by atoms with E-state index in [1.807, 2.05) is 13.2 Å². The third-order valence-corrected chi connectivity index (χ3v) is 7.69. The second kappa shape index (κ2) is 6.62. The van der Waals surface area contributed by atoms with E-state index in [4.69, 9.17) is 4.74 Å². The molecule has 0 spiro atoms. The van der Waals surface area contributed by atoms with Crippen molar-refractivity contribution >= 4 is 0 Å². The lowest BCUT2D eigenvalue weighted by atomic mass is 9.49. The zero-order chi connectivity index (χ0) is 18.4. The van der Waals surface area contributed by atoms with E-state index in [2.05, 4.69) is 35.9 Å². The van der Waals surface area contributed by atoms with Crippen LogP contribution in [0, 0.1) is 29.1 Å². The lowest BCUT2D eigenvalue weighted by Gasteiger charge is -2.67. The molecule has 3 unspecified atom stereocenters. The molecular weight excluding hydrogens is 322 g/mol. The van der Waals surface area contributed by atoms with Crippen molar-refractivity contribution in [1.82, 2.24) is 9.88 Å². The number of hydrogen-bond donors (Lipinski definition) is 0. The summed E-state index contributed by atoms with van der Waals surface area (Å²) < 4.78 is 6.35. The van der Waals surface area contributed by atoms with Crippen LogP contribution in [-0.4, -0.2) is 35.6 Å². The molecule has 0 aliphatic heterocycles. The molecule has 0 N–H and O–H groups in total. The summed E-state index contributed by atoms with van der Waals surface area (Å²) in [4.78, 5) is 6.93. The quantitative estimate of drug-likeness (QED) is 0.772. The van der Waals surface area contributed by atoms with Crippen LogP contribution >= 0.6 is 0 Å². The van der Waals surface area contributed by atoms with Crippen molar-refractivity contribution in [3.8, 4) is 6.07 Å². The number of methoxy groups -OCH3 is 1. The minimum atomic E-state index is -0.316. The SMILES string of the molecule is CCN(CC1CCCC(C)C1(OC)c1ccnc(C#N)c1)C12CC(C1)C2. The van der Waals surface area contributed by atoms with Gasteiger partial charge in [0.05, 0.1) is 5.60 Å². The summed E-state index contributed by atoms with van der Waals surface area (Å²) in [6, 6.07) is 6.22. The first-order valence-electron chi connectivity index (χ1n) is 10.2. The lowest BCUT2D eigenvalue weighted by Crippen LogP contribution is -2.69. The lowest BCUT2D eigenvalue weighted by molar-refractivity contribution is -0.178. The summed E-state index contributed by atoms with van der Waals surface area (Å²) >= 11 is 0. The Hall–Kier alpha value is -1.44. The number of pyridine rings is 1. The van der Waals surface area contributed by atoms with Gasteiger partial charge in [0.15, 0.2) is 0 Å². The summed E-state index contributed by atoms with van der Waals surface area (Å²) in [5.74, 6) is 1.89. The van der Waals surface area contributed by atoms with Crippen molar-refractivity contribution in [3.63, 3.8) is 0 Å². The number of nitriles is 1. The first-order valence-corrected chi connectivity index (χ1v) is 10.2. The fraction of sp³-hybridized carbons (Fsp3) is 0.727. The van der Waals surface area contributed by atoms with Crippen LogP contribution in [0.15, 0.2) is 18.3 Å². The van der Waals surface area contributed by atoms with Crippen LogP contribution in [0.25, 0.3) is 0 Å². The summed E-state index contributed by atoms with van der Waals surface area (Å²) in [7, 11) is 1.86. The van der Waals surface area contributed by atoms with Crippen LogP contribution in [-0.2, 0) is 10.3 Å². The zero-order valence-corrected chi connectivity index (χ0v) is 16.4. The van der Waals surface area contributed by atoms with Crippen molar-refractivity contribution in [2.24, 2.45) is 17.8 Å². The molecule has 1 aromatic heterocycles. The second-order valence-corrected chi connectivity index (χ2v) is 8.81. The van der Waals surface area contributed by atoms with E-state index in [1.54, 1.807) is 6.20 Å². The molecule has 4 saturated carbocycles. The molecule has 26 heavy (non-hydrogen) atoms. The van der Waals surface area contributed by atoms with Gasteiger partial charge < -0.3 is 4.74 Å². The van der Waals surface area contributed by atoms with Gasteiger partial charge in [-0.15, -0.1) is 0 Å².